The highest BCUT2D eigenvalue weighted by Crippen LogP contribution is 2.49. The lowest BCUT2D eigenvalue weighted by Crippen LogP contribution is -2.65. The molecule has 0 atom stereocenters. The fraction of sp³-hybridized carbons (Fsp3) is 0.358. The van der Waals surface area contributed by atoms with Gasteiger partial charge >= 0.3 is 0 Å². The highest BCUT2D eigenvalue weighted by molar-refractivity contribution is 6.98. The molecule has 7 aromatic rings. The number of hydrogen-bond donors (Lipinski definition) is 0. The van der Waals surface area contributed by atoms with Crippen LogP contribution in [0.4, 0.5) is 17.2 Å². The molecule has 0 bridgehead atoms. The number of anilines is 3. The van der Waals surface area contributed by atoms with Crippen LogP contribution in [0.3, 0.4) is 0 Å². The van der Waals surface area contributed by atoms with Crippen LogP contribution in [0.5, 0.6) is 0 Å². The molecule has 292 valence electrons. The minimum Gasteiger partial charge on any atom is -0.296 e. The number of benzene rings is 5. The monoisotopic (exact) mass is 760 g/mol. The van der Waals surface area contributed by atoms with Gasteiger partial charge < -0.3 is 0 Å². The molecule has 4 nitrogen and oxygen atoms in total. The molecule has 0 unspecified atom stereocenters. The van der Waals surface area contributed by atoms with E-state index >= 15 is 0 Å². The fourth-order valence-electron chi connectivity index (χ4n) is 10.6. The van der Waals surface area contributed by atoms with E-state index in [0.29, 0.717) is 5.95 Å². The molecule has 0 N–H and O–H groups in total. The van der Waals surface area contributed by atoms with Crippen LogP contribution in [0.2, 0.25) is 0 Å². The van der Waals surface area contributed by atoms with Crippen LogP contribution in [0.25, 0.3) is 27.8 Å². The zero-order valence-electron chi connectivity index (χ0n) is 36.6. The summed E-state index contributed by atoms with van der Waals surface area (Å²) in [5, 5.41) is 2.42. The molecular formula is C53H57BN4. The number of nitrogens with zero attached hydrogens (tertiary/aromatic N) is 4. The maximum absolute atomic E-state index is 5.82. The Morgan fingerprint density at radius 2 is 1.12 bits per heavy atom. The van der Waals surface area contributed by atoms with Gasteiger partial charge in [-0.1, -0.05) is 161 Å². The van der Waals surface area contributed by atoms with Gasteiger partial charge in [0.15, 0.2) is 0 Å². The van der Waals surface area contributed by atoms with E-state index in [4.69, 9.17) is 9.97 Å². The molecule has 5 aromatic carbocycles. The van der Waals surface area contributed by atoms with E-state index in [9.17, 15) is 0 Å². The molecule has 1 aliphatic carbocycles. The first kappa shape index (κ1) is 37.1. The van der Waals surface area contributed by atoms with Gasteiger partial charge in [0, 0.05) is 27.6 Å². The van der Waals surface area contributed by atoms with E-state index in [1.807, 2.05) is 0 Å². The summed E-state index contributed by atoms with van der Waals surface area (Å²) in [6.45, 7) is 28.5. The maximum atomic E-state index is 5.82. The summed E-state index contributed by atoms with van der Waals surface area (Å²) < 4.78 is 2.31. The Morgan fingerprint density at radius 3 is 1.71 bits per heavy atom. The van der Waals surface area contributed by atoms with Gasteiger partial charge in [0.2, 0.25) is 5.95 Å². The highest BCUT2D eigenvalue weighted by atomic mass is 15.3. The maximum Gasteiger partial charge on any atom is 0.251 e. The van der Waals surface area contributed by atoms with Crippen LogP contribution >= 0.6 is 0 Å². The van der Waals surface area contributed by atoms with Gasteiger partial charge in [-0.3, -0.25) is 9.47 Å². The van der Waals surface area contributed by atoms with Crippen molar-refractivity contribution in [2.45, 2.75) is 123 Å². The molecule has 0 saturated carbocycles. The van der Waals surface area contributed by atoms with Crippen molar-refractivity contribution in [3.8, 4) is 5.95 Å². The van der Waals surface area contributed by atoms with Gasteiger partial charge in [-0.05, 0) is 104 Å². The second kappa shape index (κ2) is 12.0. The zero-order chi connectivity index (χ0) is 40.9. The van der Waals surface area contributed by atoms with Crippen LogP contribution in [0.15, 0.2) is 103 Å². The smallest absolute Gasteiger partial charge is 0.251 e. The van der Waals surface area contributed by atoms with E-state index in [2.05, 4.69) is 196 Å². The van der Waals surface area contributed by atoms with Crippen LogP contribution in [0.1, 0.15) is 129 Å². The molecule has 2 aromatic heterocycles. The van der Waals surface area contributed by atoms with Crippen molar-refractivity contribution in [3.05, 3.63) is 137 Å². The molecule has 3 aliphatic rings. The number of aromatic nitrogens is 3. The highest BCUT2D eigenvalue weighted by Gasteiger charge is 2.50. The normalized spacial score (nSPS) is 17.5. The molecule has 5 heteroatoms. The fourth-order valence-corrected chi connectivity index (χ4v) is 10.6. The first-order valence-electron chi connectivity index (χ1n) is 21.4. The first-order valence-corrected chi connectivity index (χ1v) is 21.4. The molecule has 58 heavy (non-hydrogen) atoms. The molecule has 0 fully saturated rings. The summed E-state index contributed by atoms with van der Waals surface area (Å²) in [4.78, 5) is 14.1. The van der Waals surface area contributed by atoms with Crippen molar-refractivity contribution in [1.29, 1.82) is 0 Å². The molecule has 4 heterocycles. The quantitative estimate of drug-likeness (QED) is 0.165. The average Bonchev–Trinajstić information content (AvgIpc) is 3.51. The Morgan fingerprint density at radius 1 is 0.569 bits per heavy atom. The Labute approximate surface area is 345 Å². The van der Waals surface area contributed by atoms with Gasteiger partial charge in [-0.2, -0.15) is 4.98 Å². The second-order valence-corrected chi connectivity index (χ2v) is 21.4. The molecule has 2 aliphatic heterocycles. The lowest BCUT2D eigenvalue weighted by molar-refractivity contribution is 0.331. The standard InChI is InChI=1S/C53H57BN4/c1-49(2,3)32-21-24-34(25-22-32)57-44-26-23-33(50(4,5)6)29-41(44)54-40-31-38-37(51(7,8)27-28-52(38,9)10)30-39(40)53(11,12)46-45(54)47(57)56-48(55-46)58-42-19-15-13-17-35(42)36-18-14-16-20-43(36)58/h13-26,29-31H,27-28H2,1-12H3. The molecule has 0 saturated heterocycles. The van der Waals surface area contributed by atoms with Crippen molar-refractivity contribution in [2.24, 2.45) is 0 Å². The van der Waals surface area contributed by atoms with Crippen LogP contribution in [-0.4, -0.2) is 21.2 Å². The zero-order valence-corrected chi connectivity index (χ0v) is 36.6. The van der Waals surface area contributed by atoms with Gasteiger partial charge in [-0.15, -0.1) is 0 Å². The largest absolute Gasteiger partial charge is 0.296 e. The van der Waals surface area contributed by atoms with E-state index in [1.54, 1.807) is 0 Å². The van der Waals surface area contributed by atoms with Crippen molar-refractivity contribution in [1.82, 2.24) is 14.5 Å². The van der Waals surface area contributed by atoms with E-state index in [1.165, 1.54) is 73.5 Å². The molecule has 0 radical (unpaired) electrons. The molecule has 0 spiro atoms. The van der Waals surface area contributed by atoms with Gasteiger partial charge in [0.25, 0.3) is 6.71 Å². The van der Waals surface area contributed by atoms with Crippen molar-refractivity contribution in [3.63, 3.8) is 0 Å². The van der Waals surface area contributed by atoms with E-state index in [0.717, 1.165) is 28.2 Å². The first-order chi connectivity index (χ1) is 27.3. The summed E-state index contributed by atoms with van der Waals surface area (Å²) in [7, 11) is 0. The van der Waals surface area contributed by atoms with Gasteiger partial charge in [-0.25, -0.2) is 4.98 Å². The Bertz CT molecular complexity index is 2790. The molecular weight excluding hydrogens is 703 g/mol. The predicted molar refractivity (Wildman–Crippen MR) is 247 cm³/mol. The van der Waals surface area contributed by atoms with Crippen LogP contribution in [-0.2, 0) is 27.1 Å². The number of fused-ring (bicyclic) bond motifs is 8. The Hall–Kier alpha value is -5.16. The number of hydrogen-bond acceptors (Lipinski definition) is 3. The Kier molecular flexibility index (Phi) is 7.66. The van der Waals surface area contributed by atoms with E-state index in [-0.39, 0.29) is 28.4 Å². The summed E-state index contributed by atoms with van der Waals surface area (Å²) in [6.07, 6.45) is 2.35. The molecule has 0 amide bonds. The summed E-state index contributed by atoms with van der Waals surface area (Å²) >= 11 is 0. The second-order valence-electron chi connectivity index (χ2n) is 21.4. The third kappa shape index (κ3) is 5.27. The van der Waals surface area contributed by atoms with Crippen molar-refractivity contribution >= 4 is 62.1 Å². The lowest BCUT2D eigenvalue weighted by Gasteiger charge is -2.47. The van der Waals surface area contributed by atoms with Gasteiger partial charge in [0.05, 0.1) is 16.7 Å². The Balaban J connectivity index is 1.35. The van der Waals surface area contributed by atoms with Crippen molar-refractivity contribution in [2.75, 3.05) is 4.90 Å². The van der Waals surface area contributed by atoms with Crippen LogP contribution in [0, 0.1) is 0 Å². The van der Waals surface area contributed by atoms with Crippen LogP contribution < -0.4 is 21.3 Å². The topological polar surface area (TPSA) is 34.0 Å². The van der Waals surface area contributed by atoms with Gasteiger partial charge in [0.1, 0.15) is 5.82 Å². The average molecular weight is 761 g/mol. The summed E-state index contributed by atoms with van der Waals surface area (Å²) in [5.74, 6) is 1.69. The minimum atomic E-state index is -0.403. The SMILES string of the molecule is CC(C)(C)c1ccc(N2c3ccc(C(C)(C)C)cc3B3c4cc5c(cc4C(C)(C)c4nc(-n6c7ccccc7c7ccccc76)nc2c43)C(C)(C)CCC5(C)C)cc1. The summed E-state index contributed by atoms with van der Waals surface area (Å²) in [6, 6.07) is 39.1. The minimum absolute atomic E-state index is 0.0197. The van der Waals surface area contributed by atoms with E-state index < -0.39 is 5.41 Å². The lowest BCUT2D eigenvalue weighted by atomic mass is 9.30. The third-order valence-electron chi connectivity index (χ3n) is 14.2. The van der Waals surface area contributed by atoms with Crippen molar-refractivity contribution < 1.29 is 0 Å². The third-order valence-corrected chi connectivity index (χ3v) is 14.2. The summed E-state index contributed by atoms with van der Waals surface area (Å²) in [5.41, 5.74) is 16.4. The number of para-hydroxylation sites is 2. The predicted octanol–water partition coefficient (Wildman–Crippen LogP) is 11.5. The molecule has 10 rings (SSSR count). The number of rotatable bonds is 2.